The number of hydrogen-bond donors (Lipinski definition) is 1. The van der Waals surface area contributed by atoms with Crippen molar-refractivity contribution in [2.45, 2.75) is 6.92 Å². The highest BCUT2D eigenvalue weighted by Crippen LogP contribution is 2.18. The minimum Gasteiger partial charge on any atom is -0.368 e. The first-order valence-electron chi connectivity index (χ1n) is 8.68. The van der Waals surface area contributed by atoms with E-state index < -0.39 is 10.0 Å². The molecule has 7 heteroatoms. The van der Waals surface area contributed by atoms with E-state index >= 15 is 0 Å². The third-order valence-corrected chi connectivity index (χ3v) is 5.78. The van der Waals surface area contributed by atoms with E-state index in [0.29, 0.717) is 24.3 Å². The lowest BCUT2D eigenvalue weighted by Gasteiger charge is -2.36. The molecule has 0 saturated carbocycles. The second-order valence-corrected chi connectivity index (χ2v) is 8.21. The van der Waals surface area contributed by atoms with E-state index in [0.717, 1.165) is 13.1 Å². The average Bonchev–Trinajstić information content (AvgIpc) is 2.68. The van der Waals surface area contributed by atoms with E-state index in [1.165, 1.54) is 5.69 Å². The summed E-state index contributed by atoms with van der Waals surface area (Å²) in [7, 11) is -3.31. The van der Waals surface area contributed by atoms with Gasteiger partial charge in [-0.05, 0) is 43.3 Å². The van der Waals surface area contributed by atoms with Crippen LogP contribution in [0, 0.1) is 0 Å². The van der Waals surface area contributed by atoms with Crippen molar-refractivity contribution in [1.82, 2.24) is 4.90 Å². The lowest BCUT2D eigenvalue weighted by Crippen LogP contribution is -2.48. The van der Waals surface area contributed by atoms with Crippen LogP contribution in [0.15, 0.2) is 54.6 Å². The maximum atomic E-state index is 12.7. The molecule has 0 aliphatic carbocycles. The lowest BCUT2D eigenvalue weighted by molar-refractivity contribution is 0.0747. The number of anilines is 2. The fraction of sp³-hybridized carbons (Fsp3) is 0.316. The van der Waals surface area contributed by atoms with Gasteiger partial charge < -0.3 is 9.80 Å². The summed E-state index contributed by atoms with van der Waals surface area (Å²) < 4.78 is 25.7. The highest BCUT2D eigenvalue weighted by atomic mass is 32.2. The summed E-state index contributed by atoms with van der Waals surface area (Å²) in [6.45, 7) is 4.50. The summed E-state index contributed by atoms with van der Waals surface area (Å²) in [5.74, 6) is -0.0121. The summed E-state index contributed by atoms with van der Waals surface area (Å²) in [6.07, 6.45) is 0. The molecule has 3 rings (SSSR count). The maximum Gasteiger partial charge on any atom is 0.253 e. The van der Waals surface area contributed by atoms with Crippen molar-refractivity contribution < 1.29 is 13.2 Å². The van der Waals surface area contributed by atoms with Crippen molar-refractivity contribution in [2.75, 3.05) is 41.6 Å². The number of benzene rings is 2. The number of carbonyl (C=O) groups is 1. The molecule has 1 aliphatic heterocycles. The first kappa shape index (κ1) is 18.3. The van der Waals surface area contributed by atoms with Gasteiger partial charge in [-0.1, -0.05) is 18.2 Å². The molecule has 1 saturated heterocycles. The van der Waals surface area contributed by atoms with E-state index in [1.54, 1.807) is 31.2 Å². The third-order valence-electron chi connectivity index (χ3n) is 4.47. The Morgan fingerprint density at radius 2 is 1.58 bits per heavy atom. The molecule has 1 amide bonds. The largest absolute Gasteiger partial charge is 0.368 e. The predicted octanol–water partition coefficient (Wildman–Crippen LogP) is 2.41. The Hall–Kier alpha value is -2.54. The molecular weight excluding hydrogens is 350 g/mol. The Morgan fingerprint density at radius 3 is 2.15 bits per heavy atom. The quantitative estimate of drug-likeness (QED) is 0.874. The molecule has 0 unspecified atom stereocenters. The monoisotopic (exact) mass is 373 g/mol. The Balaban J connectivity index is 1.60. The number of sulfonamides is 1. The topological polar surface area (TPSA) is 69.7 Å². The SMILES string of the molecule is CCS(=O)(=O)Nc1ccc(C(=O)N2CCN(c3ccccc3)CC2)cc1. The second-order valence-electron chi connectivity index (χ2n) is 6.20. The second kappa shape index (κ2) is 7.78. The van der Waals surface area contributed by atoms with Crippen LogP contribution in [0.5, 0.6) is 0 Å². The van der Waals surface area contributed by atoms with E-state index in [9.17, 15) is 13.2 Å². The third kappa shape index (κ3) is 4.35. The smallest absolute Gasteiger partial charge is 0.253 e. The van der Waals surface area contributed by atoms with Gasteiger partial charge in [0.2, 0.25) is 10.0 Å². The molecule has 138 valence electrons. The van der Waals surface area contributed by atoms with Crippen molar-refractivity contribution >= 4 is 27.3 Å². The summed E-state index contributed by atoms with van der Waals surface area (Å²) in [4.78, 5) is 16.8. The van der Waals surface area contributed by atoms with Crippen LogP contribution >= 0.6 is 0 Å². The molecule has 26 heavy (non-hydrogen) atoms. The summed E-state index contributed by atoms with van der Waals surface area (Å²) in [5.41, 5.74) is 2.21. The zero-order valence-corrected chi connectivity index (χ0v) is 15.6. The average molecular weight is 373 g/mol. The first-order valence-corrected chi connectivity index (χ1v) is 10.3. The van der Waals surface area contributed by atoms with Gasteiger partial charge in [0.1, 0.15) is 0 Å². The number of carbonyl (C=O) groups excluding carboxylic acids is 1. The van der Waals surface area contributed by atoms with Crippen molar-refractivity contribution in [2.24, 2.45) is 0 Å². The Labute approximate surface area is 154 Å². The van der Waals surface area contributed by atoms with Gasteiger partial charge in [0.05, 0.1) is 5.75 Å². The van der Waals surface area contributed by atoms with Gasteiger partial charge >= 0.3 is 0 Å². The van der Waals surface area contributed by atoms with Crippen LogP contribution in [0.3, 0.4) is 0 Å². The molecule has 6 nitrogen and oxygen atoms in total. The molecule has 2 aromatic rings. The van der Waals surface area contributed by atoms with Gasteiger partial charge in [-0.3, -0.25) is 9.52 Å². The fourth-order valence-electron chi connectivity index (χ4n) is 2.92. The molecule has 0 bridgehead atoms. The number of amides is 1. The van der Waals surface area contributed by atoms with Crippen LogP contribution in [0.2, 0.25) is 0 Å². The van der Waals surface area contributed by atoms with Crippen LogP contribution in [0.25, 0.3) is 0 Å². The van der Waals surface area contributed by atoms with Gasteiger partial charge in [0.15, 0.2) is 0 Å². The zero-order chi connectivity index (χ0) is 18.6. The van der Waals surface area contributed by atoms with Crippen LogP contribution in [-0.4, -0.2) is 51.2 Å². The minimum atomic E-state index is -3.31. The molecule has 1 heterocycles. The molecule has 0 spiro atoms. The van der Waals surface area contributed by atoms with E-state index in [-0.39, 0.29) is 11.7 Å². The van der Waals surface area contributed by atoms with Crippen LogP contribution in [0.1, 0.15) is 17.3 Å². The number of rotatable bonds is 5. The number of piperazine rings is 1. The van der Waals surface area contributed by atoms with Crippen LogP contribution in [-0.2, 0) is 10.0 Å². The van der Waals surface area contributed by atoms with E-state index in [4.69, 9.17) is 0 Å². The first-order chi connectivity index (χ1) is 12.5. The predicted molar refractivity (Wildman–Crippen MR) is 104 cm³/mol. The van der Waals surface area contributed by atoms with Gasteiger partial charge in [0, 0.05) is 43.1 Å². The van der Waals surface area contributed by atoms with E-state index in [1.807, 2.05) is 23.1 Å². The molecule has 1 aliphatic rings. The Morgan fingerprint density at radius 1 is 0.962 bits per heavy atom. The molecule has 0 atom stereocenters. The molecular formula is C19H23N3O3S. The van der Waals surface area contributed by atoms with E-state index in [2.05, 4.69) is 21.8 Å². The summed E-state index contributed by atoms with van der Waals surface area (Å²) >= 11 is 0. The van der Waals surface area contributed by atoms with Crippen molar-refractivity contribution in [1.29, 1.82) is 0 Å². The number of nitrogens with zero attached hydrogens (tertiary/aromatic N) is 2. The Kier molecular flexibility index (Phi) is 5.46. The molecule has 2 aromatic carbocycles. The highest BCUT2D eigenvalue weighted by Gasteiger charge is 2.22. The van der Waals surface area contributed by atoms with Crippen LogP contribution < -0.4 is 9.62 Å². The number of nitrogens with one attached hydrogen (secondary N) is 1. The number of hydrogen-bond acceptors (Lipinski definition) is 4. The minimum absolute atomic E-state index is 0.0133. The Bertz CT molecular complexity index is 843. The van der Waals surface area contributed by atoms with Crippen molar-refractivity contribution in [3.63, 3.8) is 0 Å². The highest BCUT2D eigenvalue weighted by molar-refractivity contribution is 7.92. The number of para-hydroxylation sites is 1. The molecule has 1 fully saturated rings. The van der Waals surface area contributed by atoms with Crippen LogP contribution in [0.4, 0.5) is 11.4 Å². The standard InChI is InChI=1S/C19H23N3O3S/c1-2-26(24,25)20-17-10-8-16(9-11-17)19(23)22-14-12-21(13-15-22)18-6-4-3-5-7-18/h3-11,20H,2,12-15H2,1H3. The van der Waals surface area contributed by atoms with Crippen molar-refractivity contribution in [3.8, 4) is 0 Å². The normalized spacial score (nSPS) is 15.0. The lowest BCUT2D eigenvalue weighted by atomic mass is 10.1. The molecule has 1 N–H and O–H groups in total. The molecule has 0 aromatic heterocycles. The van der Waals surface area contributed by atoms with Gasteiger partial charge in [-0.25, -0.2) is 8.42 Å². The van der Waals surface area contributed by atoms with Gasteiger partial charge in [0.25, 0.3) is 5.91 Å². The maximum absolute atomic E-state index is 12.7. The summed E-state index contributed by atoms with van der Waals surface area (Å²) in [6, 6.07) is 16.8. The zero-order valence-electron chi connectivity index (χ0n) is 14.8. The van der Waals surface area contributed by atoms with Gasteiger partial charge in [-0.15, -0.1) is 0 Å². The molecule has 0 radical (unpaired) electrons. The van der Waals surface area contributed by atoms with Crippen molar-refractivity contribution in [3.05, 3.63) is 60.2 Å². The fourth-order valence-corrected chi connectivity index (χ4v) is 3.56. The van der Waals surface area contributed by atoms with Gasteiger partial charge in [-0.2, -0.15) is 0 Å². The summed E-state index contributed by atoms with van der Waals surface area (Å²) in [5, 5.41) is 0.